The molecule has 3 rings (SSSR count). The number of piperidine rings is 1. The molecule has 0 aromatic heterocycles. The van der Waals surface area contributed by atoms with Crippen molar-refractivity contribution in [2.24, 2.45) is 11.7 Å². The first-order valence-corrected chi connectivity index (χ1v) is 8.45. The van der Waals surface area contributed by atoms with Crippen molar-refractivity contribution in [1.82, 2.24) is 4.90 Å². The van der Waals surface area contributed by atoms with Gasteiger partial charge in [-0.15, -0.1) is 0 Å². The van der Waals surface area contributed by atoms with E-state index in [1.807, 2.05) is 0 Å². The van der Waals surface area contributed by atoms with Crippen molar-refractivity contribution in [1.29, 1.82) is 0 Å². The number of likely N-dealkylation sites (tertiary alicyclic amines) is 1. The quantitative estimate of drug-likeness (QED) is 0.855. The highest BCUT2D eigenvalue weighted by molar-refractivity contribution is 5.98. The van der Waals surface area contributed by atoms with Gasteiger partial charge in [0.1, 0.15) is 5.82 Å². The van der Waals surface area contributed by atoms with Gasteiger partial charge in [0.15, 0.2) is 5.78 Å². The number of halogens is 1. The molecule has 2 fully saturated rings. The molecule has 24 heavy (non-hydrogen) atoms. The number of amides is 1. The van der Waals surface area contributed by atoms with E-state index in [0.29, 0.717) is 44.7 Å². The molecule has 1 aromatic carbocycles. The highest BCUT2D eigenvalue weighted by atomic mass is 19.1. The fourth-order valence-corrected chi connectivity index (χ4v) is 3.49. The zero-order chi connectivity index (χ0) is 17.2. The number of carbonyl (C=O) groups excluding carboxylic acids is 2. The second-order valence-electron chi connectivity index (χ2n) is 6.73. The molecule has 0 radical (unpaired) electrons. The van der Waals surface area contributed by atoms with Gasteiger partial charge in [0, 0.05) is 37.8 Å². The third-order valence-electron chi connectivity index (χ3n) is 5.02. The van der Waals surface area contributed by atoms with Gasteiger partial charge in [0.2, 0.25) is 5.91 Å². The van der Waals surface area contributed by atoms with Crippen LogP contribution in [-0.2, 0) is 9.53 Å². The lowest BCUT2D eigenvalue weighted by Crippen LogP contribution is -2.59. The molecule has 2 saturated heterocycles. The third-order valence-corrected chi connectivity index (χ3v) is 5.02. The van der Waals surface area contributed by atoms with E-state index in [9.17, 15) is 14.0 Å². The van der Waals surface area contributed by atoms with Crippen molar-refractivity contribution < 1.29 is 18.7 Å². The van der Waals surface area contributed by atoms with Gasteiger partial charge in [0.05, 0.1) is 5.54 Å². The van der Waals surface area contributed by atoms with Gasteiger partial charge in [-0.1, -0.05) is 0 Å². The van der Waals surface area contributed by atoms with Crippen molar-refractivity contribution in [3.8, 4) is 0 Å². The van der Waals surface area contributed by atoms with Gasteiger partial charge in [-0.3, -0.25) is 9.59 Å². The Morgan fingerprint density at radius 2 is 1.88 bits per heavy atom. The van der Waals surface area contributed by atoms with E-state index in [1.165, 1.54) is 24.3 Å². The summed E-state index contributed by atoms with van der Waals surface area (Å²) >= 11 is 0. The Bertz CT molecular complexity index is 611. The second kappa shape index (κ2) is 6.99. The van der Waals surface area contributed by atoms with Gasteiger partial charge in [-0.05, 0) is 49.9 Å². The minimum absolute atomic E-state index is 0.0365. The summed E-state index contributed by atoms with van der Waals surface area (Å²) in [6.45, 7) is 2.00. The predicted octanol–water partition coefficient (Wildman–Crippen LogP) is 1.75. The highest BCUT2D eigenvalue weighted by Gasteiger charge is 2.41. The standard InChI is InChI=1S/C18H23FN2O3/c19-15-5-3-13(4-6-15)16(22)14-2-1-9-21(12-14)17(23)18(20)7-10-24-11-8-18/h3-6,14H,1-2,7-12,20H2. The summed E-state index contributed by atoms with van der Waals surface area (Å²) in [5, 5.41) is 0. The number of benzene rings is 1. The van der Waals surface area contributed by atoms with Gasteiger partial charge in [-0.25, -0.2) is 4.39 Å². The van der Waals surface area contributed by atoms with Crippen LogP contribution in [-0.4, -0.2) is 48.4 Å². The van der Waals surface area contributed by atoms with Crippen LogP contribution < -0.4 is 5.73 Å². The molecule has 5 nitrogen and oxygen atoms in total. The summed E-state index contributed by atoms with van der Waals surface area (Å²) in [7, 11) is 0. The maximum absolute atomic E-state index is 13.0. The van der Waals surface area contributed by atoms with Crippen molar-refractivity contribution in [3.63, 3.8) is 0 Å². The molecule has 1 unspecified atom stereocenters. The number of nitrogens with two attached hydrogens (primary N) is 1. The monoisotopic (exact) mass is 334 g/mol. The number of hydrogen-bond donors (Lipinski definition) is 1. The molecular formula is C18H23FN2O3. The van der Waals surface area contributed by atoms with Crippen LogP contribution in [0.25, 0.3) is 0 Å². The first-order chi connectivity index (χ1) is 11.5. The Morgan fingerprint density at radius 3 is 2.54 bits per heavy atom. The smallest absolute Gasteiger partial charge is 0.242 e. The Labute approximate surface area is 141 Å². The van der Waals surface area contributed by atoms with Gasteiger partial charge in [0.25, 0.3) is 0 Å². The van der Waals surface area contributed by atoms with E-state index in [-0.39, 0.29) is 23.4 Å². The van der Waals surface area contributed by atoms with E-state index < -0.39 is 5.54 Å². The first kappa shape index (κ1) is 17.0. The zero-order valence-electron chi connectivity index (χ0n) is 13.7. The maximum atomic E-state index is 13.0. The van der Waals surface area contributed by atoms with Crippen LogP contribution in [0.2, 0.25) is 0 Å². The number of carbonyl (C=O) groups is 2. The highest BCUT2D eigenvalue weighted by Crippen LogP contribution is 2.26. The zero-order valence-corrected chi connectivity index (χ0v) is 13.7. The van der Waals surface area contributed by atoms with Crippen molar-refractivity contribution in [2.45, 2.75) is 31.2 Å². The van der Waals surface area contributed by atoms with Crippen molar-refractivity contribution in [2.75, 3.05) is 26.3 Å². The predicted molar refractivity (Wildman–Crippen MR) is 87.0 cm³/mol. The Balaban J connectivity index is 1.68. The summed E-state index contributed by atoms with van der Waals surface area (Å²) in [6.07, 6.45) is 2.54. The molecule has 1 aromatic rings. The first-order valence-electron chi connectivity index (χ1n) is 8.45. The summed E-state index contributed by atoms with van der Waals surface area (Å²) in [6, 6.07) is 5.58. The molecular weight excluding hydrogens is 311 g/mol. The second-order valence-corrected chi connectivity index (χ2v) is 6.73. The van der Waals surface area contributed by atoms with Crippen LogP contribution in [0, 0.1) is 11.7 Å². The lowest BCUT2D eigenvalue weighted by atomic mass is 9.86. The van der Waals surface area contributed by atoms with Gasteiger partial charge < -0.3 is 15.4 Å². The molecule has 6 heteroatoms. The molecule has 0 spiro atoms. The largest absolute Gasteiger partial charge is 0.381 e. The normalized spacial score (nSPS) is 23.8. The van der Waals surface area contributed by atoms with Crippen LogP contribution in [0.1, 0.15) is 36.0 Å². The van der Waals surface area contributed by atoms with Crippen molar-refractivity contribution in [3.05, 3.63) is 35.6 Å². The fourth-order valence-electron chi connectivity index (χ4n) is 3.49. The summed E-state index contributed by atoms with van der Waals surface area (Å²) in [5.41, 5.74) is 5.90. The number of ether oxygens (including phenoxy) is 1. The van der Waals surface area contributed by atoms with Crippen LogP contribution >= 0.6 is 0 Å². The van der Waals surface area contributed by atoms with E-state index in [1.54, 1.807) is 4.90 Å². The molecule has 2 N–H and O–H groups in total. The lowest BCUT2D eigenvalue weighted by molar-refractivity contribution is -0.142. The number of ketones is 1. The molecule has 2 aliphatic heterocycles. The summed E-state index contributed by atoms with van der Waals surface area (Å²) < 4.78 is 18.3. The fraction of sp³-hybridized carbons (Fsp3) is 0.556. The van der Waals surface area contributed by atoms with Crippen LogP contribution in [0.15, 0.2) is 24.3 Å². The van der Waals surface area contributed by atoms with E-state index in [0.717, 1.165) is 12.8 Å². The van der Waals surface area contributed by atoms with Crippen molar-refractivity contribution >= 4 is 11.7 Å². The Kier molecular flexibility index (Phi) is 4.96. The average molecular weight is 334 g/mol. The van der Waals surface area contributed by atoms with E-state index in [4.69, 9.17) is 10.5 Å². The number of hydrogen-bond acceptors (Lipinski definition) is 4. The molecule has 1 atom stereocenters. The number of Topliss-reactive ketones (excluding diaryl/α,β-unsaturated/α-hetero) is 1. The summed E-state index contributed by atoms with van der Waals surface area (Å²) in [5.74, 6) is -0.735. The van der Waals surface area contributed by atoms with E-state index in [2.05, 4.69) is 0 Å². The SMILES string of the molecule is NC1(C(=O)N2CCCC(C(=O)c3ccc(F)cc3)C2)CCOCC1. The molecule has 130 valence electrons. The van der Waals surface area contributed by atoms with Gasteiger partial charge >= 0.3 is 0 Å². The third kappa shape index (κ3) is 3.49. The summed E-state index contributed by atoms with van der Waals surface area (Å²) in [4.78, 5) is 27.2. The van der Waals surface area contributed by atoms with Crippen LogP contribution in [0.4, 0.5) is 4.39 Å². The van der Waals surface area contributed by atoms with Crippen LogP contribution in [0.3, 0.4) is 0 Å². The molecule has 0 bridgehead atoms. The topological polar surface area (TPSA) is 72.6 Å². The molecule has 2 heterocycles. The Morgan fingerprint density at radius 1 is 1.21 bits per heavy atom. The average Bonchev–Trinajstić information content (AvgIpc) is 2.62. The molecule has 1 amide bonds. The Hall–Kier alpha value is -1.79. The molecule has 0 aliphatic carbocycles. The number of rotatable bonds is 3. The van der Waals surface area contributed by atoms with Gasteiger partial charge in [-0.2, -0.15) is 0 Å². The molecule has 2 aliphatic rings. The number of nitrogens with zero attached hydrogens (tertiary/aromatic N) is 1. The van der Waals surface area contributed by atoms with E-state index >= 15 is 0 Å². The minimum Gasteiger partial charge on any atom is -0.381 e. The maximum Gasteiger partial charge on any atom is 0.242 e. The van der Waals surface area contributed by atoms with Crippen LogP contribution in [0.5, 0.6) is 0 Å². The minimum atomic E-state index is -0.876. The molecule has 0 saturated carbocycles. The lowest BCUT2D eigenvalue weighted by Gasteiger charge is -2.40.